The number of ether oxygens (including phenoxy) is 1. The van der Waals surface area contributed by atoms with Gasteiger partial charge in [0, 0.05) is 32.6 Å². The van der Waals surface area contributed by atoms with Crippen molar-refractivity contribution in [2.75, 3.05) is 28.4 Å². The van der Waals surface area contributed by atoms with Crippen molar-refractivity contribution in [1.29, 1.82) is 0 Å². The molecule has 6 heteroatoms. The van der Waals surface area contributed by atoms with Crippen LogP contribution in [0.1, 0.15) is 0 Å². The van der Waals surface area contributed by atoms with Gasteiger partial charge in [0.05, 0.1) is 7.11 Å². The molecule has 0 saturated heterocycles. The molecule has 1 aromatic carbocycles. The lowest BCUT2D eigenvalue weighted by atomic mass is 10.3. The first-order valence-electron chi connectivity index (χ1n) is 4.62. The molecule has 90 valence electrons. The van der Waals surface area contributed by atoms with E-state index in [9.17, 15) is 4.39 Å². The Hall–Kier alpha value is -0.953. The maximum atomic E-state index is 13.3. The molecule has 0 aliphatic carbocycles. The van der Waals surface area contributed by atoms with Gasteiger partial charge in [-0.3, -0.25) is 0 Å². The fourth-order valence-electron chi connectivity index (χ4n) is 1.46. The molecule has 16 heavy (non-hydrogen) atoms. The average molecular weight is 246 g/mol. The summed E-state index contributed by atoms with van der Waals surface area (Å²) in [4.78, 5) is 0. The summed E-state index contributed by atoms with van der Waals surface area (Å²) >= 11 is 0. The van der Waals surface area contributed by atoms with E-state index in [-0.39, 0.29) is 0 Å². The zero-order chi connectivity index (χ0) is 12.2. The lowest BCUT2D eigenvalue weighted by Crippen LogP contribution is -2.54. The Morgan fingerprint density at radius 3 is 1.94 bits per heavy atom. The van der Waals surface area contributed by atoms with Crippen LogP contribution in [-0.2, 0) is 13.3 Å². The molecule has 0 heterocycles. The molecule has 0 saturated carbocycles. The smallest absolute Gasteiger partial charge is 0.497 e. The number of benzene rings is 1. The van der Waals surface area contributed by atoms with Gasteiger partial charge in [-0.15, -0.1) is 0 Å². The Bertz CT molecular complexity index is 346. The van der Waals surface area contributed by atoms with E-state index in [0.717, 1.165) is 0 Å². The van der Waals surface area contributed by atoms with Crippen LogP contribution in [0.25, 0.3) is 0 Å². The zero-order valence-electron chi connectivity index (χ0n) is 9.74. The first kappa shape index (κ1) is 13.1. The second-order valence-electron chi connectivity index (χ2n) is 3.05. The van der Waals surface area contributed by atoms with Gasteiger partial charge < -0.3 is 18.0 Å². The van der Waals surface area contributed by atoms with Crippen LogP contribution < -0.4 is 9.92 Å². The summed E-state index contributed by atoms with van der Waals surface area (Å²) in [6.45, 7) is 0. The van der Waals surface area contributed by atoms with Crippen LogP contribution in [0.3, 0.4) is 0 Å². The molecule has 0 radical (unpaired) electrons. The van der Waals surface area contributed by atoms with E-state index < -0.39 is 14.6 Å². The minimum Gasteiger partial charge on any atom is -0.497 e. The van der Waals surface area contributed by atoms with Crippen molar-refractivity contribution in [2.24, 2.45) is 0 Å². The number of rotatable bonds is 5. The Balaban J connectivity index is 3.23. The van der Waals surface area contributed by atoms with Crippen LogP contribution >= 0.6 is 0 Å². The molecule has 1 aromatic rings. The SMILES string of the molecule is COc1cc(F)cc([Si](OC)(OC)OC)c1. The normalized spacial score (nSPS) is 11.6. The maximum Gasteiger partial charge on any atom is 0.536 e. The molecule has 0 aromatic heterocycles. The third-order valence-electron chi connectivity index (χ3n) is 2.27. The quantitative estimate of drug-likeness (QED) is 0.724. The molecule has 0 bridgehead atoms. The average Bonchev–Trinajstić information content (AvgIpc) is 2.31. The van der Waals surface area contributed by atoms with Gasteiger partial charge in [0.15, 0.2) is 0 Å². The molecule has 0 atom stereocenters. The summed E-state index contributed by atoms with van der Waals surface area (Å²) in [5, 5.41) is 0.525. The zero-order valence-corrected chi connectivity index (χ0v) is 10.7. The van der Waals surface area contributed by atoms with Crippen molar-refractivity contribution in [3.05, 3.63) is 24.0 Å². The van der Waals surface area contributed by atoms with Crippen molar-refractivity contribution in [1.82, 2.24) is 0 Å². The largest absolute Gasteiger partial charge is 0.536 e. The summed E-state index contributed by atoms with van der Waals surface area (Å²) < 4.78 is 34.1. The lowest BCUT2D eigenvalue weighted by molar-refractivity contribution is 0.140. The Kier molecular flexibility index (Phi) is 4.42. The van der Waals surface area contributed by atoms with Crippen molar-refractivity contribution < 1.29 is 22.4 Å². The Morgan fingerprint density at radius 2 is 1.50 bits per heavy atom. The van der Waals surface area contributed by atoms with Crippen LogP contribution in [-0.4, -0.2) is 37.2 Å². The van der Waals surface area contributed by atoms with Crippen molar-refractivity contribution in [3.8, 4) is 5.75 Å². The molecular formula is C10H15FO4Si. The topological polar surface area (TPSA) is 36.9 Å². The highest BCUT2D eigenvalue weighted by molar-refractivity contribution is 6.75. The first-order valence-corrected chi connectivity index (χ1v) is 6.35. The van der Waals surface area contributed by atoms with E-state index >= 15 is 0 Å². The van der Waals surface area contributed by atoms with Gasteiger partial charge in [0.2, 0.25) is 0 Å². The van der Waals surface area contributed by atoms with Gasteiger partial charge in [-0.05, 0) is 12.1 Å². The van der Waals surface area contributed by atoms with Crippen LogP contribution in [0.4, 0.5) is 4.39 Å². The number of hydrogen-bond donors (Lipinski definition) is 0. The summed E-state index contributed by atoms with van der Waals surface area (Å²) in [6.07, 6.45) is 0. The number of hydrogen-bond acceptors (Lipinski definition) is 4. The molecule has 4 nitrogen and oxygen atoms in total. The molecule has 0 N–H and O–H groups in total. The Morgan fingerprint density at radius 1 is 0.938 bits per heavy atom. The van der Waals surface area contributed by atoms with E-state index in [1.807, 2.05) is 0 Å². The molecule has 1 rings (SSSR count). The highest BCUT2D eigenvalue weighted by Crippen LogP contribution is 2.15. The molecule has 0 aliphatic rings. The first-order chi connectivity index (χ1) is 7.61. The summed E-state index contributed by atoms with van der Waals surface area (Å²) in [5.41, 5.74) is 0. The lowest BCUT2D eigenvalue weighted by Gasteiger charge is -2.24. The van der Waals surface area contributed by atoms with Crippen molar-refractivity contribution >= 4 is 14.0 Å². The third kappa shape index (κ3) is 2.41. The highest BCUT2D eigenvalue weighted by Gasteiger charge is 2.41. The van der Waals surface area contributed by atoms with Gasteiger partial charge in [-0.25, -0.2) is 4.39 Å². The fourth-order valence-corrected chi connectivity index (χ4v) is 3.30. The summed E-state index contributed by atoms with van der Waals surface area (Å²) in [7, 11) is 2.88. The summed E-state index contributed by atoms with van der Waals surface area (Å²) in [6, 6.07) is 4.25. The fraction of sp³-hybridized carbons (Fsp3) is 0.400. The molecule has 0 amide bonds. The minimum atomic E-state index is -2.99. The molecule has 0 spiro atoms. The molecule has 0 unspecified atom stereocenters. The van der Waals surface area contributed by atoms with Crippen LogP contribution in [0, 0.1) is 5.82 Å². The minimum absolute atomic E-state index is 0.401. The van der Waals surface area contributed by atoms with Crippen LogP contribution in [0.15, 0.2) is 18.2 Å². The van der Waals surface area contributed by atoms with Gasteiger partial charge in [-0.2, -0.15) is 0 Å². The molecule has 0 fully saturated rings. The van der Waals surface area contributed by atoms with Crippen molar-refractivity contribution in [2.45, 2.75) is 0 Å². The predicted molar refractivity (Wildman–Crippen MR) is 59.4 cm³/mol. The van der Waals surface area contributed by atoms with Crippen LogP contribution in [0.2, 0.25) is 0 Å². The third-order valence-corrected chi connectivity index (χ3v) is 4.87. The predicted octanol–water partition coefficient (Wildman–Crippen LogP) is 0.919. The number of halogens is 1. The molecule has 0 aliphatic heterocycles. The second kappa shape index (κ2) is 5.40. The monoisotopic (exact) mass is 246 g/mol. The molecular weight excluding hydrogens is 231 g/mol. The van der Waals surface area contributed by atoms with Crippen LogP contribution in [0.5, 0.6) is 5.75 Å². The Labute approximate surface area is 95.3 Å². The van der Waals surface area contributed by atoms with Gasteiger partial charge in [0.25, 0.3) is 0 Å². The summed E-state index contributed by atoms with van der Waals surface area (Å²) in [5.74, 6) is -0.0181. The maximum absolute atomic E-state index is 13.3. The van der Waals surface area contributed by atoms with Gasteiger partial charge in [-0.1, -0.05) is 0 Å². The van der Waals surface area contributed by atoms with E-state index in [1.165, 1.54) is 40.6 Å². The standard InChI is InChI=1S/C10H15FO4Si/c1-12-9-5-8(11)6-10(7-9)16(13-2,14-3)15-4/h5-7H,1-4H3. The highest BCUT2D eigenvalue weighted by atomic mass is 28.4. The van der Waals surface area contributed by atoms with Gasteiger partial charge in [0.1, 0.15) is 11.6 Å². The van der Waals surface area contributed by atoms with E-state index in [4.69, 9.17) is 18.0 Å². The van der Waals surface area contributed by atoms with Crippen molar-refractivity contribution in [3.63, 3.8) is 0 Å². The number of methoxy groups -OCH3 is 1. The van der Waals surface area contributed by atoms with E-state index in [1.54, 1.807) is 6.07 Å². The van der Waals surface area contributed by atoms with Gasteiger partial charge >= 0.3 is 8.80 Å². The van der Waals surface area contributed by atoms with E-state index in [0.29, 0.717) is 10.9 Å². The van der Waals surface area contributed by atoms with E-state index in [2.05, 4.69) is 0 Å². The second-order valence-corrected chi connectivity index (χ2v) is 5.96.